The Balaban J connectivity index is 1.12. The van der Waals surface area contributed by atoms with Gasteiger partial charge in [0.1, 0.15) is 45.9 Å². The molecular formula is C51H64N8O10S2. The molecule has 3 N–H and O–H groups in total. The number of methoxy groups -OCH3 is 2. The number of carbonyl (C=O) groups is 5. The maximum absolute atomic E-state index is 15.4. The number of pyridine rings is 1. The number of aryl methyl sites for hydroxylation is 1. The van der Waals surface area contributed by atoms with Crippen molar-refractivity contribution in [3.63, 3.8) is 0 Å². The first-order valence-corrected chi connectivity index (χ1v) is 26.3. The molecule has 4 fully saturated rings. The van der Waals surface area contributed by atoms with E-state index in [1.807, 2.05) is 51.3 Å². The quantitative estimate of drug-likeness (QED) is 0.112. The van der Waals surface area contributed by atoms with E-state index < -0.39 is 73.6 Å². The number of nitrogens with zero attached hydrogens (tertiary/aromatic N) is 5. The molecule has 2 aliphatic carbocycles. The van der Waals surface area contributed by atoms with Gasteiger partial charge in [0.2, 0.25) is 21.8 Å². The Bertz CT molecular complexity index is 2890. The summed E-state index contributed by atoms with van der Waals surface area (Å²) in [6.45, 7) is 18.4. The molecule has 4 aliphatic rings. The number of aromatic nitrogens is 2. The number of benzene rings is 2. The van der Waals surface area contributed by atoms with Gasteiger partial charge in [-0.1, -0.05) is 46.8 Å². The lowest BCUT2D eigenvalue weighted by Gasteiger charge is -2.36. The molecule has 2 aliphatic heterocycles. The average Bonchev–Trinajstić information content (AvgIpc) is 4.13. The predicted molar refractivity (Wildman–Crippen MR) is 270 cm³/mol. The van der Waals surface area contributed by atoms with E-state index in [1.54, 1.807) is 48.1 Å². The first-order chi connectivity index (χ1) is 33.5. The van der Waals surface area contributed by atoms with Crippen LogP contribution in [0, 0.1) is 18.3 Å². The number of nitrogens with one attached hydrogen (secondary N) is 3. The number of ether oxygens (including phenoxy) is 3. The van der Waals surface area contributed by atoms with Crippen LogP contribution in [0.3, 0.4) is 0 Å². The number of hydrogen-bond donors (Lipinski definition) is 3. The Labute approximate surface area is 418 Å². The highest BCUT2D eigenvalue weighted by molar-refractivity contribution is 7.91. The summed E-state index contributed by atoms with van der Waals surface area (Å²) in [4.78, 5) is 84.7. The van der Waals surface area contributed by atoms with Crippen molar-refractivity contribution in [1.82, 2.24) is 34.7 Å². The van der Waals surface area contributed by atoms with Crippen LogP contribution in [-0.4, -0.2) is 138 Å². The van der Waals surface area contributed by atoms with Gasteiger partial charge in [-0.3, -0.25) is 23.9 Å². The van der Waals surface area contributed by atoms with Crippen molar-refractivity contribution in [2.24, 2.45) is 11.3 Å². The van der Waals surface area contributed by atoms with E-state index in [-0.39, 0.29) is 31.2 Å². The highest BCUT2D eigenvalue weighted by Gasteiger charge is 2.63. The van der Waals surface area contributed by atoms with Crippen LogP contribution in [-0.2, 0) is 29.1 Å². The lowest BCUT2D eigenvalue weighted by Crippen LogP contribution is -2.59. The minimum atomic E-state index is -4.05. The zero-order chi connectivity index (χ0) is 51.4. The van der Waals surface area contributed by atoms with Crippen molar-refractivity contribution in [2.75, 3.05) is 52.3 Å². The molecule has 5 atom stereocenters. The van der Waals surface area contributed by atoms with Gasteiger partial charge >= 0.3 is 6.09 Å². The molecule has 0 spiro atoms. The smallest absolute Gasteiger partial charge is 0.409 e. The first kappa shape index (κ1) is 51.1. The maximum atomic E-state index is 15.4. The second-order valence-corrected chi connectivity index (χ2v) is 23.7. The molecule has 2 aromatic heterocycles. The third-order valence-electron chi connectivity index (χ3n) is 14.3. The Hall–Kier alpha value is -6.28. The molecule has 2 saturated heterocycles. The van der Waals surface area contributed by atoms with Gasteiger partial charge in [-0.15, -0.1) is 17.9 Å². The molecule has 380 valence electrons. The highest BCUT2D eigenvalue weighted by Crippen LogP contribution is 2.47. The van der Waals surface area contributed by atoms with Crippen LogP contribution in [0.1, 0.15) is 94.8 Å². The fourth-order valence-electron chi connectivity index (χ4n) is 9.28. The third-order valence-corrected chi connectivity index (χ3v) is 17.3. The standard InChI is InChI=1S/C51H64N8O10S2/c1-11-32-26-51(32,47(63)56-71(65,66)50(8)17-18-50)55-43(60)38-24-34(69-40-25-36(44-54-37(28-70-44)29(2)3)53-41-30(4)39(67-9)16-15-35(40)41)27-59(38)46(62)42(49(5,6)7)52-33-14-12-13-31(23-33)45(61)57-19-21-58(22-20-57)48(64)68-10/h11-16,23,25,28-29,32,34,38,42,52H,1,17-22,24,26-27H2,2-10H3,(H,55,60)(H,56,63). The minimum Gasteiger partial charge on any atom is -0.496 e. The van der Waals surface area contributed by atoms with Gasteiger partial charge in [0, 0.05) is 72.2 Å². The normalized spacial score (nSPS) is 22.1. The van der Waals surface area contributed by atoms with Gasteiger partial charge in [0.25, 0.3) is 11.8 Å². The van der Waals surface area contributed by atoms with Crippen LogP contribution < -0.4 is 24.8 Å². The van der Waals surface area contributed by atoms with E-state index >= 15 is 4.79 Å². The molecule has 4 heterocycles. The lowest BCUT2D eigenvalue weighted by atomic mass is 9.85. The number of carbonyl (C=O) groups excluding carboxylic acids is 5. The van der Waals surface area contributed by atoms with Crippen molar-refractivity contribution in [3.05, 3.63) is 77.3 Å². The average molecular weight is 1010 g/mol. The molecule has 0 bridgehead atoms. The minimum absolute atomic E-state index is 0.0114. The molecule has 2 saturated carbocycles. The van der Waals surface area contributed by atoms with Crippen LogP contribution >= 0.6 is 11.3 Å². The zero-order valence-corrected chi connectivity index (χ0v) is 43.4. The lowest BCUT2D eigenvalue weighted by molar-refractivity contribution is -0.141. The Kier molecular flexibility index (Phi) is 13.9. The summed E-state index contributed by atoms with van der Waals surface area (Å²) in [5.74, 6) is -1.47. The van der Waals surface area contributed by atoms with Gasteiger partial charge in [0.15, 0.2) is 0 Å². The van der Waals surface area contributed by atoms with Crippen molar-refractivity contribution >= 4 is 67.7 Å². The molecule has 20 heteroatoms. The Morgan fingerprint density at radius 1 is 0.972 bits per heavy atom. The van der Waals surface area contributed by atoms with E-state index in [0.717, 1.165) is 11.3 Å². The predicted octanol–water partition coefficient (Wildman–Crippen LogP) is 6.26. The Morgan fingerprint density at radius 2 is 1.68 bits per heavy atom. The number of anilines is 1. The first-order valence-electron chi connectivity index (χ1n) is 23.9. The fourth-order valence-corrected chi connectivity index (χ4v) is 11.5. The molecule has 71 heavy (non-hydrogen) atoms. The van der Waals surface area contributed by atoms with Crippen molar-refractivity contribution in [3.8, 4) is 22.2 Å². The summed E-state index contributed by atoms with van der Waals surface area (Å²) in [6.07, 6.45) is 1.25. The van der Waals surface area contributed by atoms with E-state index in [2.05, 4.69) is 35.8 Å². The van der Waals surface area contributed by atoms with Gasteiger partial charge in [-0.2, -0.15) is 0 Å². The molecule has 5 unspecified atom stereocenters. The van der Waals surface area contributed by atoms with Crippen LogP contribution in [0.4, 0.5) is 10.5 Å². The summed E-state index contributed by atoms with van der Waals surface area (Å²) < 4.78 is 45.2. The number of likely N-dealkylation sites (tertiary alicyclic amines) is 1. The number of rotatable bonds is 15. The highest BCUT2D eigenvalue weighted by atomic mass is 32.2. The van der Waals surface area contributed by atoms with Gasteiger partial charge in [-0.25, -0.2) is 23.2 Å². The number of thiazole rings is 1. The number of sulfonamides is 1. The summed E-state index contributed by atoms with van der Waals surface area (Å²) in [5.41, 5.74) is 1.41. The summed E-state index contributed by atoms with van der Waals surface area (Å²) in [5, 5.41) is 9.67. The van der Waals surface area contributed by atoms with Gasteiger partial charge < -0.3 is 39.5 Å². The van der Waals surface area contributed by atoms with Crippen LogP contribution in [0.25, 0.3) is 21.6 Å². The van der Waals surface area contributed by atoms with Gasteiger partial charge in [-0.05, 0) is 74.8 Å². The maximum Gasteiger partial charge on any atom is 0.409 e. The Morgan fingerprint density at radius 3 is 2.28 bits per heavy atom. The number of piperazine rings is 1. The summed E-state index contributed by atoms with van der Waals surface area (Å²) >= 11 is 1.47. The molecule has 8 rings (SSSR count). The second-order valence-electron chi connectivity index (χ2n) is 20.7. The largest absolute Gasteiger partial charge is 0.496 e. The fraction of sp³-hybridized carbons (Fsp3) is 0.510. The van der Waals surface area contributed by atoms with Crippen molar-refractivity contribution < 1.29 is 46.6 Å². The zero-order valence-electron chi connectivity index (χ0n) is 41.8. The summed E-state index contributed by atoms with van der Waals surface area (Å²) in [6, 6.07) is 10.2. The molecular weight excluding hydrogens is 949 g/mol. The van der Waals surface area contributed by atoms with E-state index in [9.17, 15) is 27.6 Å². The summed E-state index contributed by atoms with van der Waals surface area (Å²) in [7, 11) is -1.14. The van der Waals surface area contributed by atoms with E-state index in [0.29, 0.717) is 83.4 Å². The molecule has 0 radical (unpaired) electrons. The number of amides is 5. The van der Waals surface area contributed by atoms with Crippen molar-refractivity contribution in [2.45, 2.75) is 109 Å². The van der Waals surface area contributed by atoms with Crippen LogP contribution in [0.2, 0.25) is 0 Å². The third kappa shape index (κ3) is 10.1. The van der Waals surface area contributed by atoms with E-state index in [4.69, 9.17) is 24.2 Å². The number of hydrogen-bond acceptors (Lipinski definition) is 14. The van der Waals surface area contributed by atoms with Gasteiger partial charge in [0.05, 0.1) is 36.7 Å². The van der Waals surface area contributed by atoms with Crippen LogP contribution in [0.5, 0.6) is 11.5 Å². The second kappa shape index (κ2) is 19.4. The molecule has 18 nitrogen and oxygen atoms in total. The monoisotopic (exact) mass is 1010 g/mol. The molecule has 2 aromatic carbocycles. The van der Waals surface area contributed by atoms with Crippen LogP contribution in [0.15, 0.2) is 60.5 Å². The van der Waals surface area contributed by atoms with E-state index in [1.165, 1.54) is 29.4 Å². The molecule has 4 aromatic rings. The molecule has 5 amide bonds. The SMILES string of the molecule is C=CC1CC1(NC(=O)C1CC(Oc2cc(-c3nc(C(C)C)cs3)nc3c(C)c(OC)ccc23)CN1C(=O)C(Nc1cccc(C(=O)N2CCN(C(=O)OC)CC2)c1)C(C)(C)C)C(=O)NS(=O)(=O)C1(C)CC1. The van der Waals surface area contributed by atoms with Crippen molar-refractivity contribution in [1.29, 1.82) is 0 Å². The number of fused-ring (bicyclic) bond motifs is 1. The topological polar surface area (TPSA) is 219 Å².